The van der Waals surface area contributed by atoms with E-state index in [1.165, 1.54) is 6.26 Å². The summed E-state index contributed by atoms with van der Waals surface area (Å²) in [7, 11) is 0. The number of rotatable bonds is 11. The summed E-state index contributed by atoms with van der Waals surface area (Å²) in [4.78, 5) is 16.6. The first-order chi connectivity index (χ1) is 14.2. The van der Waals surface area contributed by atoms with Crippen molar-refractivity contribution in [2.24, 2.45) is 4.99 Å². The van der Waals surface area contributed by atoms with Gasteiger partial charge in [0, 0.05) is 30.8 Å². The topological polar surface area (TPSA) is 87.9 Å². The van der Waals surface area contributed by atoms with Crippen molar-refractivity contribution in [3.05, 3.63) is 66.1 Å². The Hall–Kier alpha value is -3.22. The Morgan fingerprint density at radius 3 is 2.72 bits per heavy atom. The maximum Gasteiger partial charge on any atom is 0.287 e. The molecular weight excluding hydrogens is 368 g/mol. The normalized spacial score (nSPS) is 11.0. The van der Waals surface area contributed by atoms with Crippen LogP contribution in [0.5, 0.6) is 5.75 Å². The number of amides is 1. The molecule has 2 rings (SSSR count). The van der Waals surface area contributed by atoms with E-state index in [4.69, 9.17) is 9.15 Å². The number of aryl methyl sites for hydroxylation is 1. The van der Waals surface area contributed by atoms with Gasteiger partial charge in [-0.05, 0) is 32.4 Å². The van der Waals surface area contributed by atoms with Crippen molar-refractivity contribution >= 4 is 11.9 Å². The molecule has 0 bridgehead atoms. The highest BCUT2D eigenvalue weighted by atomic mass is 16.5. The zero-order valence-electron chi connectivity index (χ0n) is 17.2. The summed E-state index contributed by atoms with van der Waals surface area (Å²) >= 11 is 0. The van der Waals surface area contributed by atoms with Gasteiger partial charge in [0.25, 0.3) is 5.91 Å². The number of carbonyl (C=O) groups is 1. The molecular formula is C22H30N4O3. The van der Waals surface area contributed by atoms with E-state index in [2.05, 4.69) is 27.5 Å². The predicted octanol–water partition coefficient (Wildman–Crippen LogP) is 3.03. The largest absolute Gasteiger partial charge is 0.489 e. The number of guanidine groups is 1. The number of aliphatic imine (C=N–C) groups is 1. The Bertz CT molecular complexity index is 814. The van der Waals surface area contributed by atoms with Crippen LogP contribution in [0.2, 0.25) is 0 Å². The lowest BCUT2D eigenvalue weighted by atomic mass is 10.2. The fourth-order valence-corrected chi connectivity index (χ4v) is 2.61. The summed E-state index contributed by atoms with van der Waals surface area (Å²) in [5.41, 5.74) is 1.84. The summed E-state index contributed by atoms with van der Waals surface area (Å²) < 4.78 is 10.9. The molecule has 0 aliphatic heterocycles. The van der Waals surface area contributed by atoms with Gasteiger partial charge in [0.2, 0.25) is 0 Å². The third-order valence-electron chi connectivity index (χ3n) is 4.08. The number of hydrogen-bond acceptors (Lipinski definition) is 4. The van der Waals surface area contributed by atoms with Crippen molar-refractivity contribution in [2.45, 2.75) is 26.8 Å². The summed E-state index contributed by atoms with van der Waals surface area (Å²) in [6.45, 7) is 10.5. The van der Waals surface area contributed by atoms with Crippen molar-refractivity contribution in [2.75, 3.05) is 26.2 Å². The minimum Gasteiger partial charge on any atom is -0.489 e. The SMILES string of the molecule is C=CCOc1ccccc1CN=C(NCC)NCCCNC(=O)c1occc1C. The first-order valence-corrected chi connectivity index (χ1v) is 9.81. The predicted molar refractivity (Wildman–Crippen MR) is 115 cm³/mol. The highest BCUT2D eigenvalue weighted by molar-refractivity contribution is 5.92. The summed E-state index contributed by atoms with van der Waals surface area (Å²) in [5, 5.41) is 9.36. The Balaban J connectivity index is 1.80. The van der Waals surface area contributed by atoms with Crippen LogP contribution in [0.15, 0.2) is 58.7 Å². The van der Waals surface area contributed by atoms with Crippen molar-refractivity contribution in [3.63, 3.8) is 0 Å². The quantitative estimate of drug-likeness (QED) is 0.234. The molecule has 0 atom stereocenters. The smallest absolute Gasteiger partial charge is 0.287 e. The van der Waals surface area contributed by atoms with E-state index in [1.807, 2.05) is 38.1 Å². The average molecular weight is 399 g/mol. The summed E-state index contributed by atoms with van der Waals surface area (Å²) in [6, 6.07) is 9.61. The van der Waals surface area contributed by atoms with E-state index in [0.717, 1.165) is 35.8 Å². The van der Waals surface area contributed by atoms with Crippen LogP contribution in [0.25, 0.3) is 0 Å². The van der Waals surface area contributed by atoms with E-state index in [1.54, 1.807) is 12.1 Å². The Morgan fingerprint density at radius 1 is 1.21 bits per heavy atom. The van der Waals surface area contributed by atoms with Gasteiger partial charge < -0.3 is 25.1 Å². The highest BCUT2D eigenvalue weighted by Gasteiger charge is 2.11. The second kappa shape index (κ2) is 12.3. The molecule has 0 saturated carbocycles. The second-order valence-electron chi connectivity index (χ2n) is 6.37. The van der Waals surface area contributed by atoms with Crippen molar-refractivity contribution in [1.82, 2.24) is 16.0 Å². The van der Waals surface area contributed by atoms with Gasteiger partial charge in [-0.25, -0.2) is 4.99 Å². The molecule has 1 aromatic carbocycles. The first kappa shape index (κ1) is 22.1. The van der Waals surface area contributed by atoms with Crippen LogP contribution in [-0.4, -0.2) is 38.1 Å². The molecule has 2 aromatic rings. The summed E-state index contributed by atoms with van der Waals surface area (Å²) in [6.07, 6.45) is 4.00. The van der Waals surface area contributed by atoms with Crippen LogP contribution in [0.3, 0.4) is 0 Å². The van der Waals surface area contributed by atoms with Gasteiger partial charge in [0.15, 0.2) is 11.7 Å². The molecule has 1 amide bonds. The van der Waals surface area contributed by atoms with Crippen LogP contribution in [0, 0.1) is 6.92 Å². The Labute approximate surface area is 172 Å². The van der Waals surface area contributed by atoms with E-state index < -0.39 is 0 Å². The molecule has 1 heterocycles. The number of para-hydroxylation sites is 1. The lowest BCUT2D eigenvalue weighted by molar-refractivity contribution is 0.0925. The van der Waals surface area contributed by atoms with E-state index in [-0.39, 0.29) is 5.91 Å². The van der Waals surface area contributed by atoms with Gasteiger partial charge in [0.05, 0.1) is 12.8 Å². The zero-order valence-corrected chi connectivity index (χ0v) is 17.2. The van der Waals surface area contributed by atoms with Crippen LogP contribution < -0.4 is 20.7 Å². The van der Waals surface area contributed by atoms with Crippen molar-refractivity contribution in [1.29, 1.82) is 0 Å². The number of hydrogen-bond donors (Lipinski definition) is 3. The van der Waals surface area contributed by atoms with E-state index >= 15 is 0 Å². The molecule has 7 nitrogen and oxygen atoms in total. The molecule has 0 radical (unpaired) electrons. The third-order valence-corrected chi connectivity index (χ3v) is 4.08. The minimum absolute atomic E-state index is 0.191. The van der Waals surface area contributed by atoms with Gasteiger partial charge in [-0.1, -0.05) is 30.9 Å². The lowest BCUT2D eigenvalue weighted by Gasteiger charge is -2.13. The second-order valence-corrected chi connectivity index (χ2v) is 6.37. The Morgan fingerprint density at radius 2 is 2.00 bits per heavy atom. The molecule has 156 valence electrons. The number of benzene rings is 1. The fourth-order valence-electron chi connectivity index (χ4n) is 2.61. The summed E-state index contributed by atoms with van der Waals surface area (Å²) in [5.74, 6) is 1.71. The monoisotopic (exact) mass is 398 g/mol. The molecule has 3 N–H and O–H groups in total. The molecule has 0 unspecified atom stereocenters. The molecule has 7 heteroatoms. The van der Waals surface area contributed by atoms with Gasteiger partial charge in [-0.2, -0.15) is 0 Å². The minimum atomic E-state index is -0.191. The zero-order chi connectivity index (χ0) is 20.9. The first-order valence-electron chi connectivity index (χ1n) is 9.81. The van der Waals surface area contributed by atoms with Gasteiger partial charge in [0.1, 0.15) is 12.4 Å². The molecule has 0 aliphatic carbocycles. The maximum absolute atomic E-state index is 12.0. The number of nitrogens with one attached hydrogen (secondary N) is 3. The average Bonchev–Trinajstić information content (AvgIpc) is 3.16. The number of ether oxygens (including phenoxy) is 1. The Kier molecular flexibility index (Phi) is 9.35. The van der Waals surface area contributed by atoms with E-state index in [9.17, 15) is 4.79 Å². The van der Waals surface area contributed by atoms with Crippen LogP contribution in [0.4, 0.5) is 0 Å². The molecule has 0 spiro atoms. The third kappa shape index (κ3) is 7.37. The lowest BCUT2D eigenvalue weighted by Crippen LogP contribution is -2.38. The van der Waals surface area contributed by atoms with Crippen molar-refractivity contribution in [3.8, 4) is 5.75 Å². The molecule has 0 aliphatic rings. The van der Waals surface area contributed by atoms with Gasteiger partial charge in [-0.15, -0.1) is 0 Å². The van der Waals surface area contributed by atoms with Crippen LogP contribution >= 0.6 is 0 Å². The van der Waals surface area contributed by atoms with Gasteiger partial charge in [-0.3, -0.25) is 4.79 Å². The molecule has 29 heavy (non-hydrogen) atoms. The molecule has 0 saturated heterocycles. The fraction of sp³-hybridized carbons (Fsp3) is 0.364. The number of nitrogens with zero attached hydrogens (tertiary/aromatic N) is 1. The number of carbonyl (C=O) groups excluding carboxylic acids is 1. The van der Waals surface area contributed by atoms with Gasteiger partial charge >= 0.3 is 0 Å². The van der Waals surface area contributed by atoms with Crippen molar-refractivity contribution < 1.29 is 13.9 Å². The van der Waals surface area contributed by atoms with E-state index in [0.29, 0.717) is 32.0 Å². The molecule has 0 fully saturated rings. The highest BCUT2D eigenvalue weighted by Crippen LogP contribution is 2.18. The maximum atomic E-state index is 12.0. The van der Waals surface area contributed by atoms with Crippen LogP contribution in [0.1, 0.15) is 35.0 Å². The number of furan rings is 1. The van der Waals surface area contributed by atoms with Crippen LogP contribution in [-0.2, 0) is 6.54 Å². The molecule has 1 aromatic heterocycles. The standard InChI is InChI=1S/C22H30N4O3/c1-4-14-28-19-10-7-6-9-18(19)16-26-22(23-5-2)25-13-8-12-24-21(27)20-17(3)11-15-29-20/h4,6-7,9-11,15H,1,5,8,12-14,16H2,2-3H3,(H,24,27)(H2,23,25,26).